The van der Waals surface area contributed by atoms with Crippen molar-refractivity contribution < 1.29 is 0 Å². The summed E-state index contributed by atoms with van der Waals surface area (Å²) < 4.78 is 3.24. The van der Waals surface area contributed by atoms with E-state index in [1.165, 1.54) is 4.70 Å². The second-order valence-electron chi connectivity index (χ2n) is 4.26. The number of fused-ring (bicyclic) bond motifs is 1. The molecule has 4 nitrogen and oxygen atoms in total. The van der Waals surface area contributed by atoms with Crippen LogP contribution in [-0.4, -0.2) is 14.5 Å². The maximum Gasteiger partial charge on any atom is 0.0946 e. The minimum Gasteiger partial charge on any atom is -0.379 e. The zero-order chi connectivity index (χ0) is 12.5. The molecule has 0 unspecified atom stereocenters. The summed E-state index contributed by atoms with van der Waals surface area (Å²) in [6.07, 6.45) is 3.69. The number of hydrogen-bond donors (Lipinski definition) is 1. The molecule has 92 valence electrons. The van der Waals surface area contributed by atoms with Gasteiger partial charge in [-0.05, 0) is 25.1 Å². The highest BCUT2D eigenvalue weighted by Crippen LogP contribution is 2.24. The van der Waals surface area contributed by atoms with Crippen LogP contribution >= 0.6 is 11.3 Å². The van der Waals surface area contributed by atoms with Crippen LogP contribution in [0.5, 0.6) is 0 Å². The molecule has 0 bridgehead atoms. The van der Waals surface area contributed by atoms with Crippen LogP contribution < -0.4 is 5.32 Å². The maximum atomic E-state index is 4.46. The number of aryl methyl sites for hydroxylation is 2. The lowest BCUT2D eigenvalue weighted by Gasteiger charge is -2.06. The van der Waals surface area contributed by atoms with Gasteiger partial charge in [-0.15, -0.1) is 11.3 Å². The molecule has 2 aromatic heterocycles. The van der Waals surface area contributed by atoms with Crippen molar-refractivity contribution in [2.75, 3.05) is 5.32 Å². The molecule has 5 heteroatoms. The molecule has 0 atom stereocenters. The summed E-state index contributed by atoms with van der Waals surface area (Å²) in [5.74, 6) is 0. The average molecular weight is 258 g/mol. The molecule has 0 amide bonds. The topological polar surface area (TPSA) is 42.7 Å². The lowest BCUT2D eigenvalue weighted by atomic mass is 10.3. The van der Waals surface area contributed by atoms with Crippen LogP contribution in [-0.2, 0) is 13.6 Å². The Morgan fingerprint density at radius 1 is 1.39 bits per heavy atom. The first-order chi connectivity index (χ1) is 8.72. The zero-order valence-corrected chi connectivity index (χ0v) is 11.2. The number of imidazole rings is 1. The summed E-state index contributed by atoms with van der Waals surface area (Å²) in [6.45, 7) is 2.81. The van der Waals surface area contributed by atoms with E-state index in [1.54, 1.807) is 11.3 Å². The van der Waals surface area contributed by atoms with Crippen LogP contribution in [0.25, 0.3) is 10.2 Å². The number of nitrogens with one attached hydrogen (secondary N) is 1. The molecular weight excluding hydrogens is 244 g/mol. The molecule has 3 aromatic rings. The Morgan fingerprint density at radius 2 is 2.28 bits per heavy atom. The van der Waals surface area contributed by atoms with Gasteiger partial charge in [-0.1, -0.05) is 0 Å². The van der Waals surface area contributed by atoms with Gasteiger partial charge in [0.2, 0.25) is 0 Å². The second-order valence-corrected chi connectivity index (χ2v) is 5.50. The van der Waals surface area contributed by atoms with E-state index in [0.29, 0.717) is 0 Å². The Morgan fingerprint density at radius 3 is 3.06 bits per heavy atom. The summed E-state index contributed by atoms with van der Waals surface area (Å²) >= 11 is 1.72. The summed E-state index contributed by atoms with van der Waals surface area (Å²) in [6, 6.07) is 6.28. The number of thiazole rings is 1. The van der Waals surface area contributed by atoms with Crippen LogP contribution in [0.4, 0.5) is 5.69 Å². The molecule has 3 rings (SSSR count). The molecule has 1 aromatic carbocycles. The minimum absolute atomic E-state index is 0.778. The highest BCUT2D eigenvalue weighted by atomic mass is 32.1. The van der Waals surface area contributed by atoms with Gasteiger partial charge in [0.05, 0.1) is 33.8 Å². The Hall–Kier alpha value is -1.88. The van der Waals surface area contributed by atoms with Crippen molar-refractivity contribution in [3.8, 4) is 0 Å². The van der Waals surface area contributed by atoms with E-state index >= 15 is 0 Å². The fraction of sp³-hybridized carbons (Fsp3) is 0.231. The third kappa shape index (κ3) is 2.09. The minimum atomic E-state index is 0.778. The first-order valence-corrected chi connectivity index (χ1v) is 6.60. The van der Waals surface area contributed by atoms with Gasteiger partial charge in [0.15, 0.2) is 0 Å². The molecule has 0 spiro atoms. The third-order valence-corrected chi connectivity index (χ3v) is 3.82. The largest absolute Gasteiger partial charge is 0.379 e. The zero-order valence-electron chi connectivity index (χ0n) is 10.3. The van der Waals surface area contributed by atoms with Crippen molar-refractivity contribution >= 4 is 27.2 Å². The number of benzene rings is 1. The first-order valence-electron chi connectivity index (χ1n) is 5.78. The van der Waals surface area contributed by atoms with E-state index < -0.39 is 0 Å². The SMILES string of the molecule is Cc1nc2ccc(NCc3cncn3C)cc2s1. The van der Waals surface area contributed by atoms with Crippen molar-refractivity contribution in [3.05, 3.63) is 41.4 Å². The molecule has 0 fully saturated rings. The van der Waals surface area contributed by atoms with E-state index in [4.69, 9.17) is 0 Å². The van der Waals surface area contributed by atoms with Gasteiger partial charge in [0.1, 0.15) is 0 Å². The van der Waals surface area contributed by atoms with Crippen molar-refractivity contribution in [1.29, 1.82) is 0 Å². The van der Waals surface area contributed by atoms with E-state index in [9.17, 15) is 0 Å². The number of anilines is 1. The van der Waals surface area contributed by atoms with Gasteiger partial charge in [-0.3, -0.25) is 0 Å². The Kier molecular flexibility index (Phi) is 2.76. The van der Waals surface area contributed by atoms with Gasteiger partial charge in [0.25, 0.3) is 0 Å². The smallest absolute Gasteiger partial charge is 0.0946 e. The molecule has 0 aliphatic rings. The summed E-state index contributed by atoms with van der Waals surface area (Å²) in [7, 11) is 2.00. The molecule has 0 aliphatic carbocycles. The summed E-state index contributed by atoms with van der Waals surface area (Å²) in [5.41, 5.74) is 3.35. The van der Waals surface area contributed by atoms with Crippen molar-refractivity contribution in [1.82, 2.24) is 14.5 Å². The van der Waals surface area contributed by atoms with Crippen molar-refractivity contribution in [2.45, 2.75) is 13.5 Å². The Labute approximate surface area is 109 Å². The Bertz CT molecular complexity index is 683. The molecular formula is C13H14N4S. The lowest BCUT2D eigenvalue weighted by Crippen LogP contribution is -2.03. The van der Waals surface area contributed by atoms with Gasteiger partial charge in [-0.2, -0.15) is 0 Å². The van der Waals surface area contributed by atoms with Crippen molar-refractivity contribution in [2.24, 2.45) is 7.05 Å². The Balaban J connectivity index is 1.80. The maximum absolute atomic E-state index is 4.46. The summed E-state index contributed by atoms with van der Waals surface area (Å²) in [4.78, 5) is 8.56. The third-order valence-electron chi connectivity index (χ3n) is 2.89. The van der Waals surface area contributed by atoms with Gasteiger partial charge < -0.3 is 9.88 Å². The van der Waals surface area contributed by atoms with E-state index in [1.807, 2.05) is 31.1 Å². The molecule has 1 N–H and O–H groups in total. The van der Waals surface area contributed by atoms with Crippen LogP contribution in [0.2, 0.25) is 0 Å². The van der Waals surface area contributed by atoms with Crippen LogP contribution in [0.3, 0.4) is 0 Å². The predicted molar refractivity (Wildman–Crippen MR) is 74.9 cm³/mol. The lowest BCUT2D eigenvalue weighted by molar-refractivity contribution is 0.837. The highest BCUT2D eigenvalue weighted by molar-refractivity contribution is 7.18. The van der Waals surface area contributed by atoms with E-state index in [2.05, 4.69) is 33.5 Å². The second kappa shape index (κ2) is 4.42. The van der Waals surface area contributed by atoms with Crippen LogP contribution in [0, 0.1) is 6.92 Å². The average Bonchev–Trinajstić information content (AvgIpc) is 2.90. The van der Waals surface area contributed by atoms with Crippen molar-refractivity contribution in [3.63, 3.8) is 0 Å². The number of rotatable bonds is 3. The predicted octanol–water partition coefficient (Wildman–Crippen LogP) is 2.95. The standard InChI is InChI=1S/C13H14N4S/c1-9-16-12-4-3-10(5-13(12)18-9)15-7-11-6-14-8-17(11)2/h3-6,8,15H,7H2,1-2H3. The van der Waals surface area contributed by atoms with Crippen LogP contribution in [0.15, 0.2) is 30.7 Å². The molecule has 0 saturated heterocycles. The van der Waals surface area contributed by atoms with Gasteiger partial charge in [-0.25, -0.2) is 9.97 Å². The first kappa shape index (κ1) is 11.2. The molecule has 2 heterocycles. The fourth-order valence-electron chi connectivity index (χ4n) is 1.90. The monoisotopic (exact) mass is 258 g/mol. The molecule has 0 aliphatic heterocycles. The normalized spacial score (nSPS) is 11.0. The summed E-state index contributed by atoms with van der Waals surface area (Å²) in [5, 5.41) is 4.51. The molecule has 18 heavy (non-hydrogen) atoms. The van der Waals surface area contributed by atoms with E-state index in [-0.39, 0.29) is 0 Å². The number of hydrogen-bond acceptors (Lipinski definition) is 4. The fourth-order valence-corrected chi connectivity index (χ4v) is 2.76. The highest BCUT2D eigenvalue weighted by Gasteiger charge is 2.02. The van der Waals surface area contributed by atoms with Gasteiger partial charge in [0, 0.05) is 18.9 Å². The van der Waals surface area contributed by atoms with Gasteiger partial charge >= 0.3 is 0 Å². The molecule has 0 saturated carbocycles. The number of aromatic nitrogens is 3. The van der Waals surface area contributed by atoms with Crippen LogP contribution in [0.1, 0.15) is 10.7 Å². The van der Waals surface area contributed by atoms with E-state index in [0.717, 1.165) is 28.5 Å². The molecule has 0 radical (unpaired) electrons. The number of nitrogens with zero attached hydrogens (tertiary/aromatic N) is 3. The quantitative estimate of drug-likeness (QED) is 0.785.